The molecule has 0 radical (unpaired) electrons. The summed E-state index contributed by atoms with van der Waals surface area (Å²) in [7, 11) is 0. The Bertz CT molecular complexity index is 1230. The van der Waals surface area contributed by atoms with E-state index in [0.717, 1.165) is 40.4 Å². The molecule has 33 heavy (non-hydrogen) atoms. The van der Waals surface area contributed by atoms with Gasteiger partial charge in [0.2, 0.25) is 0 Å². The monoisotopic (exact) mass is 449 g/mol. The van der Waals surface area contributed by atoms with E-state index in [9.17, 15) is 13.2 Å². The highest BCUT2D eigenvalue weighted by Crippen LogP contribution is 2.33. The lowest BCUT2D eigenvalue weighted by Crippen LogP contribution is -2.09. The third kappa shape index (κ3) is 5.11. The number of aromatic nitrogens is 1. The summed E-state index contributed by atoms with van der Waals surface area (Å²) in [5.41, 5.74) is 5.10. The molecule has 5 nitrogen and oxygen atoms in total. The average molecular weight is 449 g/mol. The molecule has 0 bridgehead atoms. The summed E-state index contributed by atoms with van der Waals surface area (Å²) in [5.74, 6) is 0. The maximum atomic E-state index is 13.0. The third-order valence-corrected chi connectivity index (χ3v) is 5.23. The largest absolute Gasteiger partial charge is 0.416 e. The second kappa shape index (κ2) is 9.28. The minimum Gasteiger partial charge on any atom is -0.381 e. The molecule has 1 fully saturated rings. The fraction of sp³-hybridized carbons (Fsp3) is 0.160. The number of hydrogen-bond acceptors (Lipinski definition) is 5. The zero-order chi connectivity index (χ0) is 23.4. The first kappa shape index (κ1) is 22.3. The quantitative estimate of drug-likeness (QED) is 0.450. The van der Waals surface area contributed by atoms with Gasteiger partial charge in [0.1, 0.15) is 0 Å². The Labute approximate surface area is 189 Å². The molecule has 0 unspecified atom stereocenters. The highest BCUT2D eigenvalue weighted by molar-refractivity contribution is 6.09. The van der Waals surface area contributed by atoms with Crippen molar-refractivity contribution >= 4 is 35.2 Å². The van der Waals surface area contributed by atoms with Crippen molar-refractivity contribution in [1.82, 2.24) is 10.3 Å². The Morgan fingerprint density at radius 2 is 1.91 bits per heavy atom. The number of pyridine rings is 1. The summed E-state index contributed by atoms with van der Waals surface area (Å²) < 4.78 is 39.1. The molecule has 0 amide bonds. The third-order valence-electron chi connectivity index (χ3n) is 5.23. The first-order chi connectivity index (χ1) is 15.8. The van der Waals surface area contributed by atoms with Gasteiger partial charge in [-0.05, 0) is 61.7 Å². The molecule has 0 atom stereocenters. The van der Waals surface area contributed by atoms with Crippen LogP contribution < -0.4 is 10.6 Å². The number of allylic oxidation sites excluding steroid dienone is 1. The van der Waals surface area contributed by atoms with E-state index in [1.165, 1.54) is 6.07 Å². The zero-order valence-corrected chi connectivity index (χ0v) is 17.9. The fourth-order valence-corrected chi connectivity index (χ4v) is 3.58. The van der Waals surface area contributed by atoms with Crippen molar-refractivity contribution in [1.29, 1.82) is 0 Å². The van der Waals surface area contributed by atoms with Gasteiger partial charge in [0.15, 0.2) is 0 Å². The summed E-state index contributed by atoms with van der Waals surface area (Å²) >= 11 is 0. The molecule has 2 heterocycles. The molecule has 2 N–H and O–H groups in total. The van der Waals surface area contributed by atoms with E-state index < -0.39 is 11.7 Å². The number of alkyl halides is 3. The van der Waals surface area contributed by atoms with Crippen molar-refractivity contribution in [3.8, 4) is 0 Å². The lowest BCUT2D eigenvalue weighted by molar-refractivity contribution is -0.137. The van der Waals surface area contributed by atoms with Gasteiger partial charge in [-0.3, -0.25) is 15.0 Å². The number of aryl methyl sites for hydroxylation is 1. The molecular formula is C25H22F3N5. The van der Waals surface area contributed by atoms with E-state index in [-0.39, 0.29) is 0 Å². The van der Waals surface area contributed by atoms with Crippen LogP contribution in [-0.2, 0) is 6.18 Å². The smallest absolute Gasteiger partial charge is 0.381 e. The van der Waals surface area contributed by atoms with E-state index in [1.54, 1.807) is 18.5 Å². The minimum atomic E-state index is -4.40. The predicted octanol–water partition coefficient (Wildman–Crippen LogP) is 6.29. The Kier molecular flexibility index (Phi) is 6.26. The van der Waals surface area contributed by atoms with E-state index in [4.69, 9.17) is 4.99 Å². The van der Waals surface area contributed by atoms with Crippen LogP contribution in [0.25, 0.3) is 5.70 Å². The van der Waals surface area contributed by atoms with Gasteiger partial charge in [0.05, 0.1) is 28.4 Å². The Balaban J connectivity index is 1.67. The van der Waals surface area contributed by atoms with Gasteiger partial charge in [-0.1, -0.05) is 12.1 Å². The van der Waals surface area contributed by atoms with Gasteiger partial charge < -0.3 is 10.6 Å². The second-order valence-electron chi connectivity index (χ2n) is 7.56. The molecule has 3 aromatic rings. The van der Waals surface area contributed by atoms with Crippen LogP contribution in [0.3, 0.4) is 0 Å². The lowest BCUT2D eigenvalue weighted by Gasteiger charge is -2.12. The van der Waals surface area contributed by atoms with Gasteiger partial charge in [0.25, 0.3) is 0 Å². The number of nitrogens with one attached hydrogen (secondary N) is 2. The van der Waals surface area contributed by atoms with Crippen LogP contribution in [0.2, 0.25) is 0 Å². The molecule has 1 aromatic heterocycles. The van der Waals surface area contributed by atoms with Crippen LogP contribution in [0, 0.1) is 6.92 Å². The molecule has 0 aliphatic carbocycles. The second-order valence-corrected chi connectivity index (χ2v) is 7.56. The van der Waals surface area contributed by atoms with Gasteiger partial charge in [0, 0.05) is 42.3 Å². The number of hydrogen-bond donors (Lipinski definition) is 2. The molecule has 8 heteroatoms. The molecule has 0 saturated carbocycles. The van der Waals surface area contributed by atoms with Gasteiger partial charge >= 0.3 is 6.18 Å². The number of benzene rings is 2. The first-order valence-corrected chi connectivity index (χ1v) is 10.3. The van der Waals surface area contributed by atoms with Crippen LogP contribution in [0.1, 0.15) is 23.1 Å². The van der Waals surface area contributed by atoms with Crippen molar-refractivity contribution in [2.45, 2.75) is 19.5 Å². The summed E-state index contributed by atoms with van der Waals surface area (Å²) in [4.78, 5) is 13.2. The minimum absolute atomic E-state index is 0.352. The first-order valence-electron chi connectivity index (χ1n) is 10.3. The summed E-state index contributed by atoms with van der Waals surface area (Å²) in [6.45, 7) is 6.36. The predicted molar refractivity (Wildman–Crippen MR) is 126 cm³/mol. The number of rotatable bonds is 5. The van der Waals surface area contributed by atoms with E-state index in [2.05, 4.69) is 27.3 Å². The number of nitrogens with zero attached hydrogens (tertiary/aromatic N) is 3. The summed E-state index contributed by atoms with van der Waals surface area (Å²) in [6.07, 6.45) is -0.275. The van der Waals surface area contributed by atoms with Crippen molar-refractivity contribution in [2.24, 2.45) is 9.98 Å². The highest BCUT2D eigenvalue weighted by atomic mass is 19.4. The zero-order valence-electron chi connectivity index (χ0n) is 17.9. The van der Waals surface area contributed by atoms with Gasteiger partial charge in [-0.2, -0.15) is 13.2 Å². The van der Waals surface area contributed by atoms with Crippen molar-refractivity contribution in [2.75, 3.05) is 11.9 Å². The van der Waals surface area contributed by atoms with E-state index in [1.807, 2.05) is 37.3 Å². The summed E-state index contributed by atoms with van der Waals surface area (Å²) in [6, 6.07) is 14.4. The molecular weight excluding hydrogens is 427 g/mol. The molecule has 2 aromatic carbocycles. The van der Waals surface area contributed by atoms with Gasteiger partial charge in [-0.25, -0.2) is 0 Å². The average Bonchev–Trinajstić information content (AvgIpc) is 3.25. The van der Waals surface area contributed by atoms with Crippen LogP contribution >= 0.6 is 0 Å². The Morgan fingerprint density at radius 1 is 1.09 bits per heavy atom. The van der Waals surface area contributed by atoms with Crippen LogP contribution in [0.15, 0.2) is 82.7 Å². The SMILES string of the molecule is C=N/C(=C1/NCC/C1=N/c1cc(Nc2cccc(C(F)(F)F)c2)ccc1C)c1cccnc1. The van der Waals surface area contributed by atoms with Crippen LogP contribution in [-0.4, -0.2) is 24.0 Å². The molecule has 1 saturated heterocycles. The molecule has 0 spiro atoms. The van der Waals surface area contributed by atoms with Crippen molar-refractivity contribution in [3.63, 3.8) is 0 Å². The standard InChI is InChI=1S/C25H22F3N5/c1-16-8-9-20(32-19-7-3-6-18(13-19)25(26,27)28)14-22(16)33-21-10-12-31-24(21)23(29-2)17-5-4-11-30-15-17/h3-9,11,13-15,31-32H,2,10,12H2,1H3/b24-23+,33-21-. The normalized spacial score (nSPS) is 16.4. The van der Waals surface area contributed by atoms with Crippen molar-refractivity contribution in [3.05, 3.63) is 89.4 Å². The number of halogens is 3. The lowest BCUT2D eigenvalue weighted by atomic mass is 10.1. The topological polar surface area (TPSA) is 61.7 Å². The maximum absolute atomic E-state index is 13.0. The summed E-state index contributed by atoms with van der Waals surface area (Å²) in [5, 5.41) is 6.38. The number of anilines is 2. The maximum Gasteiger partial charge on any atom is 0.416 e. The fourth-order valence-electron chi connectivity index (χ4n) is 3.58. The van der Waals surface area contributed by atoms with Gasteiger partial charge in [-0.15, -0.1) is 0 Å². The van der Waals surface area contributed by atoms with E-state index in [0.29, 0.717) is 30.0 Å². The molecule has 168 valence electrons. The Hall–Kier alpha value is -3.94. The molecule has 1 aliphatic heterocycles. The van der Waals surface area contributed by atoms with Crippen LogP contribution in [0.4, 0.5) is 30.2 Å². The van der Waals surface area contributed by atoms with Crippen LogP contribution in [0.5, 0.6) is 0 Å². The molecule has 1 aliphatic rings. The highest BCUT2D eigenvalue weighted by Gasteiger charge is 2.30. The Morgan fingerprint density at radius 3 is 2.64 bits per heavy atom. The van der Waals surface area contributed by atoms with E-state index >= 15 is 0 Å². The number of aliphatic imine (C=N–C) groups is 2. The van der Waals surface area contributed by atoms with Crippen molar-refractivity contribution < 1.29 is 13.2 Å². The molecule has 4 rings (SSSR count).